The number of carbonyl (C=O) groups excluding carboxylic acids is 1. The third-order valence-corrected chi connectivity index (χ3v) is 6.17. The molecule has 2 N–H and O–H groups in total. The Bertz CT molecular complexity index is 1100. The molecule has 3 aromatic carbocycles. The minimum atomic E-state index is -3.67. The van der Waals surface area contributed by atoms with Gasteiger partial charge in [-0.3, -0.25) is 4.79 Å². The highest BCUT2D eigenvalue weighted by Crippen LogP contribution is 2.18. The van der Waals surface area contributed by atoms with Crippen molar-refractivity contribution in [3.63, 3.8) is 0 Å². The second kappa shape index (κ2) is 9.65. The average molecular weight is 427 g/mol. The number of anilines is 1. The van der Waals surface area contributed by atoms with Crippen molar-refractivity contribution in [1.29, 1.82) is 0 Å². The number of hydrogen-bond donors (Lipinski definition) is 2. The van der Waals surface area contributed by atoms with Crippen molar-refractivity contribution in [2.75, 3.05) is 5.32 Å². The predicted molar refractivity (Wildman–Crippen MR) is 115 cm³/mol. The summed E-state index contributed by atoms with van der Waals surface area (Å²) >= 11 is 0. The maximum absolute atomic E-state index is 13.2. The van der Waals surface area contributed by atoms with E-state index in [1.165, 1.54) is 30.3 Å². The lowest BCUT2D eigenvalue weighted by Gasteiger charge is -2.15. The van der Waals surface area contributed by atoms with Crippen molar-refractivity contribution < 1.29 is 17.6 Å². The molecule has 7 heteroatoms. The molecule has 0 aromatic heterocycles. The van der Waals surface area contributed by atoms with Crippen molar-refractivity contribution in [2.24, 2.45) is 0 Å². The Labute approximate surface area is 176 Å². The molecule has 0 heterocycles. The van der Waals surface area contributed by atoms with Gasteiger partial charge in [-0.05, 0) is 54.8 Å². The first-order valence-corrected chi connectivity index (χ1v) is 11.0. The lowest BCUT2D eigenvalue weighted by atomic mass is 10.1. The van der Waals surface area contributed by atoms with Gasteiger partial charge in [0.15, 0.2) is 0 Å². The highest BCUT2D eigenvalue weighted by atomic mass is 32.2. The Morgan fingerprint density at radius 2 is 1.67 bits per heavy atom. The molecule has 0 unspecified atom stereocenters. The van der Waals surface area contributed by atoms with Crippen LogP contribution >= 0.6 is 0 Å². The quantitative estimate of drug-likeness (QED) is 0.559. The van der Waals surface area contributed by atoms with Crippen molar-refractivity contribution in [3.8, 4) is 0 Å². The van der Waals surface area contributed by atoms with Gasteiger partial charge in [-0.2, -0.15) is 0 Å². The Morgan fingerprint density at radius 1 is 0.967 bits per heavy atom. The zero-order valence-corrected chi connectivity index (χ0v) is 17.3. The first-order chi connectivity index (χ1) is 14.3. The number of amides is 1. The van der Waals surface area contributed by atoms with Crippen LogP contribution in [0.1, 0.15) is 30.5 Å². The minimum Gasteiger partial charge on any atom is -0.326 e. The third kappa shape index (κ3) is 5.98. The predicted octanol–water partition coefficient (Wildman–Crippen LogP) is 4.44. The lowest BCUT2D eigenvalue weighted by molar-refractivity contribution is -0.116. The first kappa shape index (κ1) is 21.7. The van der Waals surface area contributed by atoms with Gasteiger partial charge in [0, 0.05) is 18.2 Å². The largest absolute Gasteiger partial charge is 0.326 e. The summed E-state index contributed by atoms with van der Waals surface area (Å²) in [7, 11) is -3.67. The molecule has 0 saturated heterocycles. The first-order valence-electron chi connectivity index (χ1n) is 9.55. The summed E-state index contributed by atoms with van der Waals surface area (Å²) in [6.45, 7) is 1.79. The number of halogens is 1. The molecule has 5 nitrogen and oxygen atoms in total. The molecular weight excluding hydrogens is 403 g/mol. The van der Waals surface area contributed by atoms with Crippen LogP contribution < -0.4 is 10.0 Å². The zero-order chi connectivity index (χ0) is 21.6. The molecule has 1 atom stereocenters. The molecular formula is C23H23FN2O3S. The van der Waals surface area contributed by atoms with Crippen LogP contribution in [0.3, 0.4) is 0 Å². The molecule has 1 amide bonds. The van der Waals surface area contributed by atoms with Crippen LogP contribution in [-0.4, -0.2) is 14.3 Å². The van der Waals surface area contributed by atoms with Crippen LogP contribution in [0.15, 0.2) is 83.8 Å². The summed E-state index contributed by atoms with van der Waals surface area (Å²) in [5.74, 6) is -0.657. The maximum Gasteiger partial charge on any atom is 0.241 e. The van der Waals surface area contributed by atoms with Gasteiger partial charge in [0.2, 0.25) is 15.9 Å². The van der Waals surface area contributed by atoms with E-state index in [0.717, 1.165) is 11.1 Å². The fourth-order valence-corrected chi connectivity index (χ4v) is 4.23. The normalized spacial score (nSPS) is 12.3. The molecule has 0 fully saturated rings. The summed E-state index contributed by atoms with van der Waals surface area (Å²) < 4.78 is 41.1. The van der Waals surface area contributed by atoms with Crippen molar-refractivity contribution in [2.45, 2.75) is 30.7 Å². The summed E-state index contributed by atoms with van der Waals surface area (Å²) in [5, 5.41) is 2.64. The van der Waals surface area contributed by atoms with Crippen molar-refractivity contribution in [3.05, 3.63) is 95.8 Å². The molecule has 3 aromatic rings. The standard InChI is InChI=1S/C23H23FN2O3S/c1-17(19-6-3-2-4-7-19)26-30(28,29)22-13-10-18(11-14-22)12-15-23(27)25-21-9-5-8-20(24)16-21/h2-11,13-14,16-17,26H,12,15H2,1H3,(H,25,27)/t17-/m0/s1. The summed E-state index contributed by atoms with van der Waals surface area (Å²) in [6, 6.07) is 21.1. The lowest BCUT2D eigenvalue weighted by Crippen LogP contribution is -2.26. The fourth-order valence-electron chi connectivity index (χ4n) is 2.99. The van der Waals surface area contributed by atoms with Crippen molar-refractivity contribution in [1.82, 2.24) is 4.72 Å². The molecule has 0 radical (unpaired) electrons. The highest BCUT2D eigenvalue weighted by molar-refractivity contribution is 7.89. The number of carbonyl (C=O) groups is 1. The SMILES string of the molecule is C[C@H](NS(=O)(=O)c1ccc(CCC(=O)Nc2cccc(F)c2)cc1)c1ccccc1. The van der Waals surface area contributed by atoms with Gasteiger partial charge in [-0.15, -0.1) is 0 Å². The van der Waals surface area contributed by atoms with Gasteiger partial charge < -0.3 is 5.32 Å². The Kier molecular flexibility index (Phi) is 6.97. The molecule has 0 aliphatic carbocycles. The molecule has 0 spiro atoms. The second-order valence-electron chi connectivity index (χ2n) is 6.96. The maximum atomic E-state index is 13.2. The van der Waals surface area contributed by atoms with Crippen LogP contribution in [0.2, 0.25) is 0 Å². The fraction of sp³-hybridized carbons (Fsp3) is 0.174. The van der Waals surface area contributed by atoms with Gasteiger partial charge in [0.1, 0.15) is 5.82 Å². The zero-order valence-electron chi connectivity index (χ0n) is 16.5. The third-order valence-electron chi connectivity index (χ3n) is 4.61. The smallest absolute Gasteiger partial charge is 0.241 e. The summed E-state index contributed by atoms with van der Waals surface area (Å²) in [4.78, 5) is 12.2. The van der Waals surface area contributed by atoms with E-state index in [-0.39, 0.29) is 23.3 Å². The van der Waals surface area contributed by atoms with E-state index < -0.39 is 15.8 Å². The van der Waals surface area contributed by atoms with Crippen LogP contribution in [0.5, 0.6) is 0 Å². The van der Waals surface area contributed by atoms with Gasteiger partial charge in [0.05, 0.1) is 4.90 Å². The molecule has 0 bridgehead atoms. The Hall–Kier alpha value is -3.03. The Balaban J connectivity index is 1.56. The van der Waals surface area contributed by atoms with Gasteiger partial charge >= 0.3 is 0 Å². The topological polar surface area (TPSA) is 75.3 Å². The molecule has 0 aliphatic heterocycles. The molecule has 3 rings (SSSR count). The van der Waals surface area contributed by atoms with E-state index in [1.54, 1.807) is 25.1 Å². The van der Waals surface area contributed by atoms with Gasteiger partial charge in [0.25, 0.3) is 0 Å². The number of aryl methyl sites for hydroxylation is 1. The number of hydrogen-bond acceptors (Lipinski definition) is 3. The molecule has 0 saturated carbocycles. The van der Waals surface area contributed by atoms with E-state index >= 15 is 0 Å². The van der Waals surface area contributed by atoms with E-state index in [1.807, 2.05) is 30.3 Å². The number of benzene rings is 3. The minimum absolute atomic E-state index is 0.165. The number of rotatable bonds is 8. The van der Waals surface area contributed by atoms with E-state index in [4.69, 9.17) is 0 Å². The summed E-state index contributed by atoms with van der Waals surface area (Å²) in [5.41, 5.74) is 2.11. The van der Waals surface area contributed by atoms with Gasteiger partial charge in [-0.1, -0.05) is 48.5 Å². The van der Waals surface area contributed by atoms with E-state index in [2.05, 4.69) is 10.0 Å². The summed E-state index contributed by atoms with van der Waals surface area (Å²) in [6.07, 6.45) is 0.640. The van der Waals surface area contributed by atoms with E-state index in [0.29, 0.717) is 12.1 Å². The van der Waals surface area contributed by atoms with Crippen LogP contribution in [-0.2, 0) is 21.2 Å². The average Bonchev–Trinajstić information content (AvgIpc) is 2.73. The molecule has 156 valence electrons. The van der Waals surface area contributed by atoms with Crippen LogP contribution in [0, 0.1) is 5.82 Å². The Morgan fingerprint density at radius 3 is 2.33 bits per heavy atom. The number of sulfonamides is 1. The molecule has 0 aliphatic rings. The monoisotopic (exact) mass is 426 g/mol. The van der Waals surface area contributed by atoms with E-state index in [9.17, 15) is 17.6 Å². The van der Waals surface area contributed by atoms with Crippen LogP contribution in [0.25, 0.3) is 0 Å². The van der Waals surface area contributed by atoms with Crippen molar-refractivity contribution >= 4 is 21.6 Å². The number of nitrogens with one attached hydrogen (secondary N) is 2. The highest BCUT2D eigenvalue weighted by Gasteiger charge is 2.18. The molecule has 30 heavy (non-hydrogen) atoms. The van der Waals surface area contributed by atoms with Crippen LogP contribution in [0.4, 0.5) is 10.1 Å². The second-order valence-corrected chi connectivity index (χ2v) is 8.67. The van der Waals surface area contributed by atoms with Gasteiger partial charge in [-0.25, -0.2) is 17.5 Å².